The Hall–Kier alpha value is -1.62. The number of nitrogens with zero attached hydrogens (tertiary/aromatic N) is 2. The zero-order valence-corrected chi connectivity index (χ0v) is 8.79. The van der Waals surface area contributed by atoms with E-state index in [9.17, 15) is 4.39 Å². The Morgan fingerprint density at radius 3 is 2.94 bits per heavy atom. The van der Waals surface area contributed by atoms with Crippen LogP contribution in [0.15, 0.2) is 12.4 Å². The van der Waals surface area contributed by atoms with Crippen LogP contribution in [0.25, 0.3) is 10.9 Å². The molecule has 0 saturated heterocycles. The molecule has 1 aliphatic rings. The van der Waals surface area contributed by atoms with Crippen molar-refractivity contribution in [1.82, 2.24) is 9.97 Å². The van der Waals surface area contributed by atoms with Gasteiger partial charge in [0.15, 0.2) is 17.3 Å². The Morgan fingerprint density at radius 2 is 2.06 bits per heavy atom. The summed E-state index contributed by atoms with van der Waals surface area (Å²) in [5.74, 6) is -0.127. The number of ether oxygens (including phenoxy) is 2. The summed E-state index contributed by atoms with van der Waals surface area (Å²) >= 11 is 5.86. The fraction of sp³-hybridized carbons (Fsp3) is 0.200. The van der Waals surface area contributed by atoms with Crippen molar-refractivity contribution in [3.63, 3.8) is 0 Å². The molecule has 0 saturated carbocycles. The van der Waals surface area contributed by atoms with Gasteiger partial charge in [-0.25, -0.2) is 14.4 Å². The largest absolute Gasteiger partial charge is 0.486 e. The second-order valence-electron chi connectivity index (χ2n) is 3.28. The van der Waals surface area contributed by atoms with E-state index in [1.165, 1.54) is 6.33 Å². The van der Waals surface area contributed by atoms with Crippen molar-refractivity contribution < 1.29 is 13.9 Å². The second kappa shape index (κ2) is 3.45. The lowest BCUT2D eigenvalue weighted by molar-refractivity contribution is 0.165. The van der Waals surface area contributed by atoms with Crippen molar-refractivity contribution >= 4 is 22.5 Å². The number of benzene rings is 1. The summed E-state index contributed by atoms with van der Waals surface area (Å²) in [4.78, 5) is 7.63. The molecule has 0 atom stereocenters. The second-order valence-corrected chi connectivity index (χ2v) is 3.63. The molecule has 2 aromatic rings. The molecule has 82 valence electrons. The summed E-state index contributed by atoms with van der Waals surface area (Å²) in [6, 6.07) is 1.59. The normalized spacial score (nSPS) is 14.1. The summed E-state index contributed by atoms with van der Waals surface area (Å²) in [6.07, 6.45) is 1.21. The van der Waals surface area contributed by atoms with Crippen LogP contribution in [0.5, 0.6) is 11.5 Å². The monoisotopic (exact) mass is 240 g/mol. The van der Waals surface area contributed by atoms with E-state index in [0.29, 0.717) is 24.3 Å². The molecule has 3 rings (SSSR count). The first-order chi connectivity index (χ1) is 7.77. The zero-order chi connectivity index (χ0) is 11.1. The van der Waals surface area contributed by atoms with Crippen LogP contribution in [0.2, 0.25) is 5.15 Å². The lowest BCUT2D eigenvalue weighted by Gasteiger charge is -2.19. The van der Waals surface area contributed by atoms with Crippen molar-refractivity contribution in [1.29, 1.82) is 0 Å². The molecule has 0 amide bonds. The lowest BCUT2D eigenvalue weighted by Crippen LogP contribution is -2.16. The van der Waals surface area contributed by atoms with Crippen molar-refractivity contribution in [2.45, 2.75) is 0 Å². The molecule has 0 N–H and O–H groups in total. The number of fused-ring (bicyclic) bond motifs is 2. The van der Waals surface area contributed by atoms with Crippen LogP contribution < -0.4 is 9.47 Å². The molecule has 0 unspecified atom stereocenters. The van der Waals surface area contributed by atoms with E-state index < -0.39 is 5.82 Å². The van der Waals surface area contributed by atoms with Crippen LogP contribution in [0.1, 0.15) is 0 Å². The molecule has 16 heavy (non-hydrogen) atoms. The Labute approximate surface area is 95.0 Å². The fourth-order valence-corrected chi connectivity index (χ4v) is 1.81. The smallest absolute Gasteiger partial charge is 0.199 e. The van der Waals surface area contributed by atoms with Gasteiger partial charge in [-0.3, -0.25) is 0 Å². The Balaban J connectivity index is 2.39. The van der Waals surface area contributed by atoms with Gasteiger partial charge in [0.25, 0.3) is 0 Å². The van der Waals surface area contributed by atoms with E-state index in [-0.39, 0.29) is 16.4 Å². The quantitative estimate of drug-likeness (QED) is 0.662. The predicted molar refractivity (Wildman–Crippen MR) is 55.5 cm³/mol. The van der Waals surface area contributed by atoms with Crippen molar-refractivity contribution in [3.05, 3.63) is 23.4 Å². The topological polar surface area (TPSA) is 44.2 Å². The van der Waals surface area contributed by atoms with Gasteiger partial charge in [0.1, 0.15) is 30.2 Å². The minimum Gasteiger partial charge on any atom is -0.486 e. The van der Waals surface area contributed by atoms with Crippen molar-refractivity contribution in [2.24, 2.45) is 0 Å². The number of halogens is 2. The standard InChI is InChI=1S/C10H6ClFN2O2/c11-10-5-3-6-9(16-2-1-15-6)7(12)8(5)13-4-14-10/h3-4H,1-2H2. The van der Waals surface area contributed by atoms with E-state index in [1.807, 2.05) is 0 Å². The third-order valence-electron chi connectivity index (χ3n) is 2.33. The molecule has 0 bridgehead atoms. The molecule has 4 nitrogen and oxygen atoms in total. The van der Waals surface area contributed by atoms with Gasteiger partial charge < -0.3 is 9.47 Å². The molecule has 1 aromatic carbocycles. The third-order valence-corrected chi connectivity index (χ3v) is 2.63. The van der Waals surface area contributed by atoms with Gasteiger partial charge in [0.05, 0.1) is 0 Å². The molecule has 0 aliphatic carbocycles. The molecular weight excluding hydrogens is 235 g/mol. The van der Waals surface area contributed by atoms with Gasteiger partial charge >= 0.3 is 0 Å². The van der Waals surface area contributed by atoms with Crippen LogP contribution in [-0.4, -0.2) is 23.2 Å². The molecule has 0 fully saturated rings. The van der Waals surface area contributed by atoms with E-state index in [0.717, 1.165) is 0 Å². The lowest BCUT2D eigenvalue weighted by atomic mass is 10.2. The first-order valence-corrected chi connectivity index (χ1v) is 5.03. The average molecular weight is 241 g/mol. The highest BCUT2D eigenvalue weighted by atomic mass is 35.5. The highest BCUT2D eigenvalue weighted by molar-refractivity contribution is 6.34. The van der Waals surface area contributed by atoms with E-state index in [2.05, 4.69) is 9.97 Å². The van der Waals surface area contributed by atoms with Gasteiger partial charge in [-0.1, -0.05) is 11.6 Å². The van der Waals surface area contributed by atoms with Crippen LogP contribution in [0, 0.1) is 5.82 Å². The van der Waals surface area contributed by atoms with E-state index in [4.69, 9.17) is 21.1 Å². The van der Waals surface area contributed by atoms with Crippen LogP contribution >= 0.6 is 11.6 Å². The van der Waals surface area contributed by atoms with Crippen LogP contribution in [0.4, 0.5) is 4.39 Å². The highest BCUT2D eigenvalue weighted by Gasteiger charge is 2.21. The molecule has 0 radical (unpaired) electrons. The maximum absolute atomic E-state index is 14.0. The summed E-state index contributed by atoms with van der Waals surface area (Å²) in [7, 11) is 0. The number of rotatable bonds is 0. The van der Waals surface area contributed by atoms with Gasteiger partial charge in [-0.05, 0) is 6.07 Å². The summed E-state index contributed by atoms with van der Waals surface area (Å²) in [6.45, 7) is 0.720. The Kier molecular flexibility index (Phi) is 2.07. The van der Waals surface area contributed by atoms with Gasteiger partial charge in [-0.15, -0.1) is 0 Å². The predicted octanol–water partition coefficient (Wildman–Crippen LogP) is 2.19. The number of hydrogen-bond acceptors (Lipinski definition) is 4. The van der Waals surface area contributed by atoms with Gasteiger partial charge in [-0.2, -0.15) is 0 Å². The van der Waals surface area contributed by atoms with Crippen LogP contribution in [0.3, 0.4) is 0 Å². The summed E-state index contributed by atoms with van der Waals surface area (Å²) in [5.41, 5.74) is 0.143. The number of aromatic nitrogens is 2. The fourth-order valence-electron chi connectivity index (χ4n) is 1.63. The molecule has 6 heteroatoms. The Morgan fingerprint density at radius 1 is 1.25 bits per heavy atom. The third kappa shape index (κ3) is 1.28. The molecule has 1 aromatic heterocycles. The minimum absolute atomic E-state index is 0.0912. The van der Waals surface area contributed by atoms with E-state index in [1.54, 1.807) is 6.07 Å². The van der Waals surface area contributed by atoms with Crippen molar-refractivity contribution in [3.8, 4) is 11.5 Å². The molecule has 2 heterocycles. The number of hydrogen-bond donors (Lipinski definition) is 0. The SMILES string of the molecule is Fc1c2c(cc3c(Cl)ncnc13)OCCO2. The zero-order valence-electron chi connectivity index (χ0n) is 8.04. The summed E-state index contributed by atoms with van der Waals surface area (Å²) in [5, 5.41) is 0.617. The molecular formula is C10H6ClFN2O2. The van der Waals surface area contributed by atoms with Crippen molar-refractivity contribution in [2.75, 3.05) is 13.2 Å². The van der Waals surface area contributed by atoms with Gasteiger partial charge in [0, 0.05) is 5.39 Å². The average Bonchev–Trinajstić information content (AvgIpc) is 2.31. The van der Waals surface area contributed by atoms with E-state index >= 15 is 0 Å². The highest BCUT2D eigenvalue weighted by Crippen LogP contribution is 2.38. The summed E-state index contributed by atoms with van der Waals surface area (Å²) < 4.78 is 24.5. The first kappa shape index (κ1) is 9.59. The van der Waals surface area contributed by atoms with Gasteiger partial charge in [0.2, 0.25) is 0 Å². The van der Waals surface area contributed by atoms with Crippen LogP contribution in [-0.2, 0) is 0 Å². The molecule has 1 aliphatic heterocycles. The molecule has 0 spiro atoms. The first-order valence-electron chi connectivity index (χ1n) is 4.65. The minimum atomic E-state index is -0.559. The maximum Gasteiger partial charge on any atom is 0.199 e. The maximum atomic E-state index is 14.0. The Bertz CT molecular complexity index is 576.